The number of hydrogen-bond acceptors (Lipinski definition) is 5. The number of oxazole rings is 1. The van der Waals surface area contributed by atoms with E-state index in [4.69, 9.17) is 18.8 Å². The molecule has 0 radical (unpaired) electrons. The topological polar surface area (TPSA) is 71.8 Å². The van der Waals surface area contributed by atoms with Crippen molar-refractivity contribution in [3.8, 4) is 39.5 Å². The van der Waals surface area contributed by atoms with Crippen LogP contribution < -0.4 is 0 Å². The smallest absolute Gasteiger partial charge is 0.229 e. The minimum Gasteiger partial charge on any atom is -0.507 e. The highest BCUT2D eigenvalue weighted by molar-refractivity contribution is 6.17. The number of rotatable bonds is 5. The first-order valence-electron chi connectivity index (χ1n) is 15.8. The van der Waals surface area contributed by atoms with Crippen molar-refractivity contribution in [1.29, 1.82) is 0 Å². The van der Waals surface area contributed by atoms with Crippen LogP contribution in [-0.2, 0) is 5.41 Å². The van der Waals surface area contributed by atoms with Gasteiger partial charge >= 0.3 is 0 Å². The molecule has 0 saturated carbocycles. The number of furan rings is 1. The van der Waals surface area contributed by atoms with E-state index in [-0.39, 0.29) is 17.0 Å². The van der Waals surface area contributed by atoms with Crippen LogP contribution in [0.4, 0.5) is 10.1 Å². The Hall–Kier alpha value is -6.01. The molecule has 48 heavy (non-hydrogen) atoms. The van der Waals surface area contributed by atoms with Gasteiger partial charge in [0.05, 0.1) is 11.3 Å². The number of halogens is 1. The summed E-state index contributed by atoms with van der Waals surface area (Å²) < 4.78 is 26.7. The molecule has 0 bridgehead atoms. The fourth-order valence-corrected chi connectivity index (χ4v) is 6.22. The van der Waals surface area contributed by atoms with E-state index in [1.165, 1.54) is 12.1 Å². The maximum atomic E-state index is 13.8. The fraction of sp³-hybridized carbons (Fsp3) is 0.0952. The molecule has 0 unspecified atom stereocenters. The lowest BCUT2D eigenvalue weighted by Gasteiger charge is -2.19. The van der Waals surface area contributed by atoms with Crippen molar-refractivity contribution in [3.05, 3.63) is 138 Å². The summed E-state index contributed by atoms with van der Waals surface area (Å²) in [5.41, 5.74) is 9.45. The second-order valence-corrected chi connectivity index (χ2v) is 12.9. The SMILES string of the molecule is CC(C)(C)c1ccc(O)c(C=Nc2ccccc2-c2nc3c(-c4ccc(-c5ccc(F)cc5)c5c4oc4ccccc45)cccc3o2)c1. The summed E-state index contributed by atoms with van der Waals surface area (Å²) in [4.78, 5) is 9.79. The van der Waals surface area contributed by atoms with Crippen molar-refractivity contribution in [2.45, 2.75) is 26.2 Å². The van der Waals surface area contributed by atoms with Gasteiger partial charge in [0.1, 0.15) is 28.2 Å². The van der Waals surface area contributed by atoms with Gasteiger partial charge in [-0.1, -0.05) is 87.5 Å². The third-order valence-electron chi connectivity index (χ3n) is 8.76. The molecule has 0 spiro atoms. The lowest BCUT2D eigenvalue weighted by molar-refractivity contribution is 0.473. The van der Waals surface area contributed by atoms with Gasteiger partial charge in [0.2, 0.25) is 5.89 Å². The highest BCUT2D eigenvalue weighted by Gasteiger charge is 2.21. The van der Waals surface area contributed by atoms with Gasteiger partial charge in [0.15, 0.2) is 5.58 Å². The zero-order valence-corrected chi connectivity index (χ0v) is 26.7. The quantitative estimate of drug-likeness (QED) is 0.192. The summed E-state index contributed by atoms with van der Waals surface area (Å²) in [5.74, 6) is 0.317. The minimum atomic E-state index is -0.280. The van der Waals surface area contributed by atoms with Crippen LogP contribution in [0.25, 0.3) is 66.7 Å². The van der Waals surface area contributed by atoms with E-state index in [9.17, 15) is 9.50 Å². The zero-order valence-electron chi connectivity index (χ0n) is 26.7. The Morgan fingerprint density at radius 1 is 0.708 bits per heavy atom. The summed E-state index contributed by atoms with van der Waals surface area (Å²) in [7, 11) is 0. The van der Waals surface area contributed by atoms with E-state index in [1.54, 1.807) is 24.4 Å². The van der Waals surface area contributed by atoms with Crippen molar-refractivity contribution in [3.63, 3.8) is 0 Å². The third kappa shape index (κ3) is 5.12. The Morgan fingerprint density at radius 3 is 2.27 bits per heavy atom. The highest BCUT2D eigenvalue weighted by Crippen LogP contribution is 2.44. The molecule has 0 aliphatic carbocycles. The number of aromatic hydroxyl groups is 1. The predicted octanol–water partition coefficient (Wildman–Crippen LogP) is 11.6. The van der Waals surface area contributed by atoms with Gasteiger partial charge in [0.25, 0.3) is 0 Å². The summed E-state index contributed by atoms with van der Waals surface area (Å²) >= 11 is 0. The van der Waals surface area contributed by atoms with E-state index in [1.807, 2.05) is 84.9 Å². The van der Waals surface area contributed by atoms with Crippen molar-refractivity contribution in [2.75, 3.05) is 0 Å². The van der Waals surface area contributed by atoms with Crippen LogP contribution in [0.3, 0.4) is 0 Å². The Labute approximate surface area is 276 Å². The van der Waals surface area contributed by atoms with E-state index in [0.29, 0.717) is 28.2 Å². The molecule has 234 valence electrons. The molecule has 2 heterocycles. The number of fused-ring (bicyclic) bond motifs is 4. The summed E-state index contributed by atoms with van der Waals surface area (Å²) in [6.07, 6.45) is 1.68. The van der Waals surface area contributed by atoms with Crippen LogP contribution in [0.5, 0.6) is 5.75 Å². The molecule has 0 aliphatic heterocycles. The van der Waals surface area contributed by atoms with E-state index in [0.717, 1.165) is 55.3 Å². The molecule has 6 aromatic carbocycles. The molecule has 0 aliphatic rings. The van der Waals surface area contributed by atoms with Crippen LogP contribution in [0, 0.1) is 5.82 Å². The van der Waals surface area contributed by atoms with Crippen molar-refractivity contribution in [2.24, 2.45) is 4.99 Å². The predicted molar refractivity (Wildman–Crippen MR) is 192 cm³/mol. The van der Waals surface area contributed by atoms with E-state index >= 15 is 0 Å². The lowest BCUT2D eigenvalue weighted by atomic mass is 9.86. The number of hydrogen-bond donors (Lipinski definition) is 1. The van der Waals surface area contributed by atoms with Gasteiger partial charge in [-0.3, -0.25) is 4.99 Å². The first-order chi connectivity index (χ1) is 23.2. The Bertz CT molecular complexity index is 2520. The Kier molecular flexibility index (Phi) is 6.95. The summed E-state index contributed by atoms with van der Waals surface area (Å²) in [6, 6.07) is 37.7. The molecule has 8 rings (SSSR count). The Balaban J connectivity index is 1.25. The molecule has 0 atom stereocenters. The van der Waals surface area contributed by atoms with Gasteiger partial charge in [-0.05, 0) is 76.7 Å². The van der Waals surface area contributed by atoms with Gasteiger partial charge in [-0.15, -0.1) is 0 Å². The lowest BCUT2D eigenvalue weighted by Crippen LogP contribution is -2.11. The maximum Gasteiger partial charge on any atom is 0.229 e. The molecule has 6 heteroatoms. The van der Waals surface area contributed by atoms with Crippen LogP contribution in [0.1, 0.15) is 31.9 Å². The van der Waals surface area contributed by atoms with Crippen molar-refractivity contribution >= 4 is 44.9 Å². The summed E-state index contributed by atoms with van der Waals surface area (Å²) in [6.45, 7) is 6.41. The number of phenolic OH excluding ortho intramolecular Hbond substituents is 1. The molecule has 0 fully saturated rings. The molecule has 0 saturated heterocycles. The Morgan fingerprint density at radius 2 is 1.44 bits per heavy atom. The van der Waals surface area contributed by atoms with Crippen LogP contribution in [0.15, 0.2) is 135 Å². The molecule has 1 N–H and O–H groups in total. The third-order valence-corrected chi connectivity index (χ3v) is 8.76. The molecule has 0 amide bonds. The first kappa shape index (κ1) is 29.4. The second kappa shape index (κ2) is 11.4. The number of benzene rings is 6. The standard InChI is InChI=1S/C42H31FN2O3/c1-42(2,3)27-17-22-35(46)26(23-27)24-44-34-12-6-4-9-32(34)41-45-39-30(11-8-14-37(39)48-41)31-21-20-29(25-15-18-28(43)19-16-25)38-33-10-5-7-13-36(33)47-40(31)38/h4-24,46H,1-3H3. The number of phenols is 1. The van der Waals surface area contributed by atoms with Gasteiger partial charge in [-0.25, -0.2) is 9.37 Å². The van der Waals surface area contributed by atoms with Crippen LogP contribution in [0.2, 0.25) is 0 Å². The number of nitrogens with zero attached hydrogens (tertiary/aromatic N) is 2. The van der Waals surface area contributed by atoms with Crippen molar-refractivity contribution < 1.29 is 18.3 Å². The largest absolute Gasteiger partial charge is 0.507 e. The molecular formula is C42H31FN2O3. The molecule has 8 aromatic rings. The monoisotopic (exact) mass is 630 g/mol. The second-order valence-electron chi connectivity index (χ2n) is 12.9. The average Bonchev–Trinajstić information content (AvgIpc) is 3.70. The van der Waals surface area contributed by atoms with Gasteiger partial charge in [0, 0.05) is 33.7 Å². The summed E-state index contributed by atoms with van der Waals surface area (Å²) in [5, 5.41) is 12.5. The normalized spacial score (nSPS) is 12.2. The molecule has 5 nitrogen and oxygen atoms in total. The minimum absolute atomic E-state index is 0.0701. The number of aromatic nitrogens is 1. The zero-order chi connectivity index (χ0) is 33.0. The maximum absolute atomic E-state index is 13.8. The van der Waals surface area contributed by atoms with Crippen LogP contribution >= 0.6 is 0 Å². The first-order valence-corrected chi connectivity index (χ1v) is 15.8. The number of para-hydroxylation sites is 3. The van der Waals surface area contributed by atoms with E-state index < -0.39 is 0 Å². The van der Waals surface area contributed by atoms with Gasteiger partial charge < -0.3 is 13.9 Å². The van der Waals surface area contributed by atoms with E-state index in [2.05, 4.69) is 26.8 Å². The average molecular weight is 631 g/mol. The van der Waals surface area contributed by atoms with Crippen LogP contribution in [-0.4, -0.2) is 16.3 Å². The molecular weight excluding hydrogens is 599 g/mol. The fourth-order valence-electron chi connectivity index (χ4n) is 6.22. The number of aliphatic imine (C=N–C) groups is 1. The highest BCUT2D eigenvalue weighted by atomic mass is 19.1. The van der Waals surface area contributed by atoms with Gasteiger partial charge in [-0.2, -0.15) is 0 Å². The molecule has 2 aromatic heterocycles. The van der Waals surface area contributed by atoms with Crippen molar-refractivity contribution in [1.82, 2.24) is 4.98 Å².